The van der Waals surface area contributed by atoms with E-state index in [2.05, 4.69) is 78.3 Å². The quantitative estimate of drug-likeness (QED) is 0.140. The molecule has 2 aromatic carbocycles. The number of benzene rings is 2. The van der Waals surface area contributed by atoms with Crippen LogP contribution in [-0.2, 0) is 29.3 Å². The summed E-state index contributed by atoms with van der Waals surface area (Å²) in [6, 6.07) is 19.0. The van der Waals surface area contributed by atoms with Crippen molar-refractivity contribution in [2.45, 2.75) is 54.2 Å². The van der Waals surface area contributed by atoms with Gasteiger partial charge in [0.2, 0.25) is 0 Å². The zero-order chi connectivity index (χ0) is 22.1. The predicted octanol–water partition coefficient (Wildman–Crippen LogP) is 7.89. The normalized spacial score (nSPS) is 15.1. The molecule has 0 saturated carbocycles. The minimum atomic E-state index is -0.157. The van der Waals surface area contributed by atoms with Crippen LogP contribution in [0.4, 0.5) is 0 Å². The number of hydrogen-bond donors (Lipinski definition) is 0. The molecule has 0 unspecified atom stereocenters. The van der Waals surface area contributed by atoms with Gasteiger partial charge in [0, 0.05) is 32.7 Å². The number of aromatic nitrogens is 2. The second-order valence-corrected chi connectivity index (χ2v) is 12.3. The molecule has 0 saturated heterocycles. The Morgan fingerprint density at radius 1 is 0.969 bits per heavy atom. The number of ether oxygens (including phenoxy) is 1. The molecule has 4 aromatic rings. The number of thiophene rings is 1. The summed E-state index contributed by atoms with van der Waals surface area (Å²) in [5.41, 5.74) is 3.79. The topological polar surface area (TPSA) is 35.0 Å². The zero-order valence-corrected chi connectivity index (χ0v) is 22.0. The van der Waals surface area contributed by atoms with Crippen LogP contribution in [0, 0.1) is 0 Å². The molecule has 3 heterocycles. The van der Waals surface area contributed by atoms with Crippen molar-refractivity contribution in [3.05, 3.63) is 80.6 Å². The molecule has 0 fully saturated rings. The Balaban J connectivity index is 1.49. The molecule has 7 heteroatoms. The lowest BCUT2D eigenvalue weighted by Gasteiger charge is -2.30. The summed E-state index contributed by atoms with van der Waals surface area (Å²) >= 11 is 8.81. The maximum absolute atomic E-state index is 6.08. The highest BCUT2D eigenvalue weighted by Gasteiger charge is 2.31. The van der Waals surface area contributed by atoms with Gasteiger partial charge in [-0.3, -0.25) is 0 Å². The van der Waals surface area contributed by atoms with Crippen molar-refractivity contribution in [3.63, 3.8) is 0 Å². The fraction of sp³-hybridized carbons (Fsp3) is 0.280. The van der Waals surface area contributed by atoms with Gasteiger partial charge in [0.25, 0.3) is 0 Å². The van der Waals surface area contributed by atoms with Gasteiger partial charge in [0.1, 0.15) is 9.86 Å². The highest BCUT2D eigenvalue weighted by molar-refractivity contribution is 9.10. The van der Waals surface area contributed by atoms with Crippen LogP contribution in [0.15, 0.2) is 69.3 Å². The molecule has 1 aliphatic rings. The molecule has 164 valence electrons. The molecule has 1 aliphatic heterocycles. The smallest absolute Gasteiger partial charge is 0.190 e. The zero-order valence-electron chi connectivity index (χ0n) is 17.9. The van der Waals surface area contributed by atoms with Gasteiger partial charge in [-0.15, -0.1) is 23.1 Å². The first-order valence-corrected chi connectivity index (χ1v) is 14.1. The molecular weight excluding hydrogens is 520 g/mol. The van der Waals surface area contributed by atoms with Crippen molar-refractivity contribution >= 4 is 61.0 Å². The fourth-order valence-corrected chi connectivity index (χ4v) is 7.07. The van der Waals surface area contributed by atoms with Gasteiger partial charge in [0.05, 0.1) is 12.2 Å². The van der Waals surface area contributed by atoms with E-state index in [0.29, 0.717) is 6.61 Å². The van der Waals surface area contributed by atoms with Gasteiger partial charge in [-0.2, -0.15) is 0 Å². The third-order valence-corrected chi connectivity index (χ3v) is 8.97. The van der Waals surface area contributed by atoms with Gasteiger partial charge < -0.3 is 4.74 Å². The lowest BCUT2D eigenvalue weighted by molar-refractivity contribution is -0.0379. The van der Waals surface area contributed by atoms with Gasteiger partial charge in [-0.25, -0.2) is 9.97 Å². The van der Waals surface area contributed by atoms with Crippen molar-refractivity contribution in [1.82, 2.24) is 9.97 Å². The van der Waals surface area contributed by atoms with Crippen LogP contribution in [0.3, 0.4) is 0 Å². The minimum Gasteiger partial charge on any atom is -0.370 e. The van der Waals surface area contributed by atoms with E-state index in [0.717, 1.165) is 37.4 Å². The highest BCUT2D eigenvalue weighted by atomic mass is 79.9. The van der Waals surface area contributed by atoms with E-state index in [1.165, 1.54) is 27.0 Å². The molecule has 0 amide bonds. The first kappa shape index (κ1) is 22.4. The Morgan fingerprint density at radius 2 is 1.69 bits per heavy atom. The van der Waals surface area contributed by atoms with E-state index in [1.54, 1.807) is 23.1 Å². The Bertz CT molecular complexity index is 1240. The molecule has 0 spiro atoms. The summed E-state index contributed by atoms with van der Waals surface area (Å²) in [5, 5.41) is 3.16. The molecule has 0 aliphatic carbocycles. The maximum atomic E-state index is 6.08. The molecule has 32 heavy (non-hydrogen) atoms. The van der Waals surface area contributed by atoms with E-state index < -0.39 is 0 Å². The fourth-order valence-electron chi connectivity index (χ4n) is 3.72. The second-order valence-electron chi connectivity index (χ2n) is 8.41. The van der Waals surface area contributed by atoms with Crippen molar-refractivity contribution < 1.29 is 4.74 Å². The van der Waals surface area contributed by atoms with Crippen LogP contribution < -0.4 is 0 Å². The molecule has 2 aromatic heterocycles. The first-order chi connectivity index (χ1) is 15.5. The Morgan fingerprint density at radius 3 is 2.47 bits per heavy atom. The van der Waals surface area contributed by atoms with E-state index in [-0.39, 0.29) is 5.60 Å². The number of rotatable bonds is 6. The number of hydrogen-bond acceptors (Lipinski definition) is 6. The number of fused-ring (bicyclic) bond motifs is 3. The summed E-state index contributed by atoms with van der Waals surface area (Å²) in [7, 11) is 0. The second kappa shape index (κ2) is 9.47. The SMILES string of the molecule is CC1(C)Cc2c(sc3nc(SCc4ccccc4)nc(SCc4ccc(Br)cc4)c23)CO1. The molecular formula is C25H23BrN2OS3. The van der Waals surface area contributed by atoms with E-state index in [9.17, 15) is 0 Å². The first-order valence-electron chi connectivity index (χ1n) is 10.5. The lowest BCUT2D eigenvalue weighted by Crippen LogP contribution is -2.31. The number of halogens is 1. The van der Waals surface area contributed by atoms with Crippen LogP contribution in [0.2, 0.25) is 0 Å². The van der Waals surface area contributed by atoms with E-state index >= 15 is 0 Å². The average molecular weight is 544 g/mol. The van der Waals surface area contributed by atoms with E-state index in [4.69, 9.17) is 14.7 Å². The third-order valence-electron chi connectivity index (χ3n) is 5.38. The van der Waals surface area contributed by atoms with E-state index in [1.807, 2.05) is 17.8 Å². The van der Waals surface area contributed by atoms with Gasteiger partial charge >= 0.3 is 0 Å². The summed E-state index contributed by atoms with van der Waals surface area (Å²) < 4.78 is 7.18. The molecule has 5 rings (SSSR count). The largest absolute Gasteiger partial charge is 0.370 e. The van der Waals surface area contributed by atoms with Crippen LogP contribution in [-0.4, -0.2) is 15.6 Å². The van der Waals surface area contributed by atoms with Crippen molar-refractivity contribution in [2.24, 2.45) is 0 Å². The number of nitrogens with zero attached hydrogens (tertiary/aromatic N) is 2. The number of thioether (sulfide) groups is 2. The average Bonchev–Trinajstić information content (AvgIpc) is 3.14. The summed E-state index contributed by atoms with van der Waals surface area (Å²) in [6.45, 7) is 4.99. The van der Waals surface area contributed by atoms with Crippen LogP contribution in [0.25, 0.3) is 10.2 Å². The monoisotopic (exact) mass is 542 g/mol. The predicted molar refractivity (Wildman–Crippen MR) is 140 cm³/mol. The molecule has 3 nitrogen and oxygen atoms in total. The Hall–Kier alpha value is -1.38. The van der Waals surface area contributed by atoms with Crippen molar-refractivity contribution in [1.29, 1.82) is 0 Å². The van der Waals surface area contributed by atoms with Gasteiger partial charge in [-0.1, -0.05) is 70.2 Å². The van der Waals surface area contributed by atoms with Crippen LogP contribution in [0.5, 0.6) is 0 Å². The van der Waals surface area contributed by atoms with Crippen molar-refractivity contribution in [3.8, 4) is 0 Å². The molecule has 0 bridgehead atoms. The van der Waals surface area contributed by atoms with Crippen LogP contribution >= 0.6 is 50.8 Å². The molecule has 0 radical (unpaired) electrons. The molecule has 0 N–H and O–H groups in total. The van der Waals surface area contributed by atoms with Crippen molar-refractivity contribution in [2.75, 3.05) is 0 Å². The maximum Gasteiger partial charge on any atom is 0.190 e. The third kappa shape index (κ3) is 5.07. The summed E-state index contributed by atoms with van der Waals surface area (Å²) in [4.78, 5) is 12.4. The Labute approximate surface area is 209 Å². The highest BCUT2D eigenvalue weighted by Crippen LogP contribution is 2.43. The summed E-state index contributed by atoms with van der Waals surface area (Å²) in [6.07, 6.45) is 0.897. The molecule has 0 atom stereocenters. The minimum absolute atomic E-state index is 0.157. The lowest BCUT2D eigenvalue weighted by atomic mass is 9.95. The summed E-state index contributed by atoms with van der Waals surface area (Å²) in [5.74, 6) is 1.75. The van der Waals surface area contributed by atoms with Gasteiger partial charge in [0.15, 0.2) is 5.16 Å². The van der Waals surface area contributed by atoms with Gasteiger partial charge in [-0.05, 0) is 42.7 Å². The Kier molecular flexibility index (Phi) is 6.63. The van der Waals surface area contributed by atoms with Crippen LogP contribution in [0.1, 0.15) is 35.4 Å². The standard InChI is InChI=1S/C25H23BrN2OS3/c1-25(2)12-19-20(13-29-25)32-23-21(19)22(30-14-17-8-10-18(26)11-9-17)27-24(28-23)31-15-16-6-4-3-5-7-16/h3-11H,12-15H2,1-2H3.